The molecular formula is C12H16N4. The maximum atomic E-state index is 9.10. The van der Waals surface area contributed by atoms with Crippen molar-refractivity contribution in [3.05, 3.63) is 30.3 Å². The highest BCUT2D eigenvalue weighted by Crippen LogP contribution is 2.12. The van der Waals surface area contributed by atoms with Crippen LogP contribution in [0, 0.1) is 11.3 Å². The summed E-state index contributed by atoms with van der Waals surface area (Å²) in [6, 6.07) is 12.2. The number of piperazine rings is 1. The number of hydrazine groups is 1. The number of nitriles is 1. The molecule has 0 radical (unpaired) electrons. The number of benzene rings is 1. The van der Waals surface area contributed by atoms with Gasteiger partial charge in [0.15, 0.2) is 0 Å². The molecule has 1 heterocycles. The molecule has 4 heteroatoms. The van der Waals surface area contributed by atoms with Gasteiger partial charge in [0.05, 0.1) is 6.07 Å². The van der Waals surface area contributed by atoms with Crippen LogP contribution >= 0.6 is 0 Å². The van der Waals surface area contributed by atoms with E-state index in [2.05, 4.69) is 16.4 Å². The third-order valence-corrected chi connectivity index (χ3v) is 2.78. The van der Waals surface area contributed by atoms with Crippen LogP contribution in [0.4, 0.5) is 5.69 Å². The molecule has 0 amide bonds. The smallest absolute Gasteiger partial charge is 0.128 e. The molecule has 1 saturated heterocycles. The Balaban J connectivity index is 2.02. The topological polar surface area (TPSA) is 42.3 Å². The fraction of sp³-hybridized carbons (Fsp3) is 0.417. The van der Waals surface area contributed by atoms with E-state index in [1.165, 1.54) is 0 Å². The Bertz CT molecular complexity index is 370. The summed E-state index contributed by atoms with van der Waals surface area (Å²) in [4.78, 5) is 2.18. The molecule has 1 atom stereocenters. The minimum absolute atomic E-state index is 0.0843. The van der Waals surface area contributed by atoms with Gasteiger partial charge in [-0.05, 0) is 19.2 Å². The Kier molecular flexibility index (Phi) is 3.40. The van der Waals surface area contributed by atoms with Crippen LogP contribution in [0.25, 0.3) is 0 Å². The molecule has 0 unspecified atom stereocenters. The minimum Gasteiger partial charge on any atom is -0.318 e. The number of para-hydroxylation sites is 1. The molecule has 0 aliphatic carbocycles. The van der Waals surface area contributed by atoms with Crippen LogP contribution in [0.3, 0.4) is 0 Å². The predicted octanol–water partition coefficient (Wildman–Crippen LogP) is 1.15. The molecule has 0 aromatic heterocycles. The van der Waals surface area contributed by atoms with E-state index in [0.717, 1.165) is 25.3 Å². The van der Waals surface area contributed by atoms with Gasteiger partial charge in [-0.3, -0.25) is 0 Å². The van der Waals surface area contributed by atoms with Crippen molar-refractivity contribution in [2.45, 2.75) is 6.04 Å². The van der Waals surface area contributed by atoms with Gasteiger partial charge in [0, 0.05) is 25.3 Å². The first-order valence-electron chi connectivity index (χ1n) is 5.46. The van der Waals surface area contributed by atoms with Crippen molar-refractivity contribution in [2.24, 2.45) is 0 Å². The van der Waals surface area contributed by atoms with Crippen molar-refractivity contribution >= 4 is 5.69 Å². The van der Waals surface area contributed by atoms with Crippen LogP contribution in [0.2, 0.25) is 0 Å². The molecule has 16 heavy (non-hydrogen) atoms. The van der Waals surface area contributed by atoms with E-state index in [1.54, 1.807) is 0 Å². The number of likely N-dealkylation sites (N-methyl/N-ethyl adjacent to an activating group) is 1. The van der Waals surface area contributed by atoms with E-state index in [0.29, 0.717) is 0 Å². The van der Waals surface area contributed by atoms with Crippen LogP contribution in [0.1, 0.15) is 0 Å². The van der Waals surface area contributed by atoms with Crippen LogP contribution in [-0.4, -0.2) is 42.6 Å². The highest BCUT2D eigenvalue weighted by molar-refractivity contribution is 5.41. The van der Waals surface area contributed by atoms with E-state index in [-0.39, 0.29) is 6.04 Å². The first-order valence-corrected chi connectivity index (χ1v) is 5.46. The Hall–Kier alpha value is -1.57. The molecule has 0 saturated carbocycles. The molecule has 1 aliphatic rings. The second-order valence-electron chi connectivity index (χ2n) is 4.08. The molecule has 1 aromatic carbocycles. The zero-order valence-electron chi connectivity index (χ0n) is 9.43. The monoisotopic (exact) mass is 216 g/mol. The van der Waals surface area contributed by atoms with Gasteiger partial charge in [-0.15, -0.1) is 0 Å². The number of nitrogens with zero attached hydrogens (tertiary/aromatic N) is 3. The fourth-order valence-corrected chi connectivity index (χ4v) is 1.84. The van der Waals surface area contributed by atoms with Crippen LogP contribution < -0.4 is 5.43 Å². The lowest BCUT2D eigenvalue weighted by Crippen LogP contribution is -2.53. The van der Waals surface area contributed by atoms with E-state index in [1.807, 2.05) is 42.4 Å². The summed E-state index contributed by atoms with van der Waals surface area (Å²) in [6.07, 6.45) is 0. The summed E-state index contributed by atoms with van der Waals surface area (Å²) in [5, 5.41) is 11.1. The molecule has 1 aromatic rings. The number of anilines is 1. The van der Waals surface area contributed by atoms with Gasteiger partial charge in [0.25, 0.3) is 0 Å². The molecule has 1 fully saturated rings. The van der Waals surface area contributed by atoms with Crippen molar-refractivity contribution in [1.29, 1.82) is 5.26 Å². The molecule has 1 N–H and O–H groups in total. The highest BCUT2D eigenvalue weighted by Gasteiger charge is 2.24. The number of rotatable bonds is 2. The van der Waals surface area contributed by atoms with Gasteiger partial charge < -0.3 is 10.3 Å². The van der Waals surface area contributed by atoms with E-state index in [4.69, 9.17) is 5.26 Å². The van der Waals surface area contributed by atoms with Gasteiger partial charge in [-0.2, -0.15) is 5.26 Å². The first kappa shape index (κ1) is 10.9. The van der Waals surface area contributed by atoms with Crippen LogP contribution in [-0.2, 0) is 0 Å². The van der Waals surface area contributed by atoms with Crippen molar-refractivity contribution in [1.82, 2.24) is 9.91 Å². The summed E-state index contributed by atoms with van der Waals surface area (Å²) < 4.78 is 0. The second-order valence-corrected chi connectivity index (χ2v) is 4.08. The third-order valence-electron chi connectivity index (χ3n) is 2.78. The number of hydrogen-bond acceptors (Lipinski definition) is 4. The maximum Gasteiger partial charge on any atom is 0.128 e. The molecule has 1 aliphatic heterocycles. The van der Waals surface area contributed by atoms with Crippen molar-refractivity contribution in [3.63, 3.8) is 0 Å². The van der Waals surface area contributed by atoms with Gasteiger partial charge >= 0.3 is 0 Å². The molecule has 2 rings (SSSR count). The molecule has 0 spiro atoms. The largest absolute Gasteiger partial charge is 0.318 e. The zero-order chi connectivity index (χ0) is 11.4. The first-order chi connectivity index (χ1) is 7.79. The van der Waals surface area contributed by atoms with E-state index in [9.17, 15) is 0 Å². The van der Waals surface area contributed by atoms with Crippen LogP contribution in [0.15, 0.2) is 30.3 Å². The molecular weight excluding hydrogens is 200 g/mol. The Morgan fingerprint density at radius 3 is 2.75 bits per heavy atom. The summed E-state index contributed by atoms with van der Waals surface area (Å²) in [5.74, 6) is 0. The lowest BCUT2D eigenvalue weighted by molar-refractivity contribution is 0.143. The van der Waals surface area contributed by atoms with Gasteiger partial charge in [0.1, 0.15) is 6.04 Å². The van der Waals surface area contributed by atoms with Crippen molar-refractivity contribution in [3.8, 4) is 6.07 Å². The van der Waals surface area contributed by atoms with E-state index < -0.39 is 0 Å². The summed E-state index contributed by atoms with van der Waals surface area (Å²) in [5.41, 5.74) is 4.32. The third kappa shape index (κ3) is 2.51. The standard InChI is InChI=1S/C12H16N4/c1-15-7-8-16(12(9-13)10-15)14-11-5-3-2-4-6-11/h2-6,12,14H,7-8,10H2,1H3/t12-/m0/s1. The second kappa shape index (κ2) is 4.97. The molecule has 4 nitrogen and oxygen atoms in total. The quantitative estimate of drug-likeness (QED) is 0.805. The summed E-state index contributed by atoms with van der Waals surface area (Å²) >= 11 is 0. The zero-order valence-corrected chi connectivity index (χ0v) is 9.43. The average Bonchev–Trinajstić information content (AvgIpc) is 2.33. The van der Waals surface area contributed by atoms with Gasteiger partial charge in [0.2, 0.25) is 0 Å². The van der Waals surface area contributed by atoms with E-state index >= 15 is 0 Å². The van der Waals surface area contributed by atoms with Crippen molar-refractivity contribution < 1.29 is 0 Å². The van der Waals surface area contributed by atoms with Gasteiger partial charge in [-0.1, -0.05) is 18.2 Å². The van der Waals surface area contributed by atoms with Crippen LogP contribution in [0.5, 0.6) is 0 Å². The lowest BCUT2D eigenvalue weighted by atomic mass is 10.2. The highest BCUT2D eigenvalue weighted by atomic mass is 15.5. The lowest BCUT2D eigenvalue weighted by Gasteiger charge is -2.36. The normalized spacial score (nSPS) is 22.6. The Morgan fingerprint density at radius 2 is 2.06 bits per heavy atom. The Labute approximate surface area is 96.0 Å². The number of hydrogen-bond donors (Lipinski definition) is 1. The number of nitrogens with one attached hydrogen (secondary N) is 1. The molecule has 84 valence electrons. The summed E-state index contributed by atoms with van der Waals surface area (Å²) in [7, 11) is 2.05. The predicted molar refractivity (Wildman–Crippen MR) is 63.7 cm³/mol. The Morgan fingerprint density at radius 1 is 1.31 bits per heavy atom. The molecule has 0 bridgehead atoms. The fourth-order valence-electron chi connectivity index (χ4n) is 1.84. The summed E-state index contributed by atoms with van der Waals surface area (Å²) in [6.45, 7) is 2.64. The SMILES string of the molecule is CN1CCN(Nc2ccccc2)[C@@H](C#N)C1. The van der Waals surface area contributed by atoms with Gasteiger partial charge in [-0.25, -0.2) is 5.01 Å². The average molecular weight is 216 g/mol. The minimum atomic E-state index is -0.0843. The maximum absolute atomic E-state index is 9.10. The van der Waals surface area contributed by atoms with Crippen molar-refractivity contribution in [2.75, 3.05) is 32.1 Å².